The molecule has 3 rings (SSSR count). The van der Waals surface area contributed by atoms with E-state index in [1.165, 1.54) is 0 Å². The molecule has 1 aliphatic rings. The van der Waals surface area contributed by atoms with Gasteiger partial charge >= 0.3 is 0 Å². The van der Waals surface area contributed by atoms with E-state index in [1.807, 2.05) is 18.2 Å². The van der Waals surface area contributed by atoms with E-state index in [2.05, 4.69) is 22.4 Å². The fourth-order valence-corrected chi connectivity index (χ4v) is 2.58. The van der Waals surface area contributed by atoms with E-state index >= 15 is 0 Å². The third kappa shape index (κ3) is 2.71. The second kappa shape index (κ2) is 5.73. The van der Waals surface area contributed by atoms with Crippen molar-refractivity contribution in [2.75, 3.05) is 27.3 Å². The number of aromatic nitrogens is 2. The zero-order valence-corrected chi connectivity index (χ0v) is 12.4. The smallest absolute Gasteiger partial charge is 0.231 e. The Morgan fingerprint density at radius 2 is 1.86 bits per heavy atom. The van der Waals surface area contributed by atoms with Gasteiger partial charge in [-0.2, -0.15) is 4.98 Å². The fourth-order valence-electron chi connectivity index (χ4n) is 2.58. The van der Waals surface area contributed by atoms with E-state index in [4.69, 9.17) is 14.0 Å². The number of nitrogens with zero attached hydrogens (tertiary/aromatic N) is 2. The van der Waals surface area contributed by atoms with Crippen molar-refractivity contribution < 1.29 is 14.0 Å². The van der Waals surface area contributed by atoms with E-state index in [0.29, 0.717) is 29.1 Å². The molecular formula is C15H19N3O3. The summed E-state index contributed by atoms with van der Waals surface area (Å²) in [6.45, 7) is 4.04. The maximum absolute atomic E-state index is 5.44. The monoisotopic (exact) mass is 289 g/mol. The first-order chi connectivity index (χ1) is 10.2. The average molecular weight is 289 g/mol. The predicted octanol–water partition coefficient (Wildman–Crippen LogP) is 2.08. The fraction of sp³-hybridized carbons (Fsp3) is 0.467. The molecule has 1 fully saturated rings. The molecule has 1 N–H and O–H groups in total. The first-order valence-corrected chi connectivity index (χ1v) is 6.99. The first kappa shape index (κ1) is 13.9. The molecule has 2 unspecified atom stereocenters. The Labute approximate surface area is 123 Å². The molecule has 0 bridgehead atoms. The molecule has 2 aromatic rings. The van der Waals surface area contributed by atoms with Crippen LogP contribution in [0.1, 0.15) is 18.7 Å². The van der Waals surface area contributed by atoms with Gasteiger partial charge in [0.1, 0.15) is 11.5 Å². The van der Waals surface area contributed by atoms with Gasteiger partial charge in [-0.25, -0.2) is 0 Å². The van der Waals surface area contributed by atoms with Crippen LogP contribution in [-0.2, 0) is 0 Å². The van der Waals surface area contributed by atoms with Crippen molar-refractivity contribution in [1.29, 1.82) is 0 Å². The number of methoxy groups -OCH3 is 2. The second-order valence-electron chi connectivity index (χ2n) is 5.30. The number of nitrogens with one attached hydrogen (secondary N) is 1. The Morgan fingerprint density at radius 1 is 1.14 bits per heavy atom. The summed E-state index contributed by atoms with van der Waals surface area (Å²) in [4.78, 5) is 4.53. The maximum atomic E-state index is 5.44. The third-order valence-corrected chi connectivity index (χ3v) is 3.89. The normalized spacial score (nSPS) is 21.5. The Morgan fingerprint density at radius 3 is 2.43 bits per heavy atom. The van der Waals surface area contributed by atoms with Crippen molar-refractivity contribution in [3.8, 4) is 22.9 Å². The van der Waals surface area contributed by atoms with Crippen LogP contribution < -0.4 is 14.8 Å². The average Bonchev–Trinajstić information content (AvgIpc) is 3.15. The van der Waals surface area contributed by atoms with Gasteiger partial charge in [0.05, 0.1) is 20.1 Å². The standard InChI is InChI=1S/C15H19N3O3/c1-9-7-16-8-13(9)15-17-14(18-21-15)10-4-11(19-2)6-12(5-10)20-3/h4-6,9,13,16H,7-8H2,1-3H3. The van der Waals surface area contributed by atoms with Gasteiger partial charge in [0.2, 0.25) is 11.7 Å². The van der Waals surface area contributed by atoms with Crippen LogP contribution in [-0.4, -0.2) is 37.4 Å². The highest BCUT2D eigenvalue weighted by Gasteiger charge is 2.29. The second-order valence-corrected chi connectivity index (χ2v) is 5.30. The molecule has 1 aromatic carbocycles. The molecule has 6 heteroatoms. The molecule has 2 heterocycles. The minimum absolute atomic E-state index is 0.277. The lowest BCUT2D eigenvalue weighted by Crippen LogP contribution is -2.08. The van der Waals surface area contributed by atoms with Crippen molar-refractivity contribution >= 4 is 0 Å². The van der Waals surface area contributed by atoms with Crippen LogP contribution in [0, 0.1) is 5.92 Å². The van der Waals surface area contributed by atoms with Gasteiger partial charge in [-0.1, -0.05) is 12.1 Å². The first-order valence-electron chi connectivity index (χ1n) is 6.99. The highest BCUT2D eigenvalue weighted by Crippen LogP contribution is 2.31. The van der Waals surface area contributed by atoms with Crippen molar-refractivity contribution in [3.05, 3.63) is 24.1 Å². The molecule has 2 atom stereocenters. The van der Waals surface area contributed by atoms with Crippen LogP contribution in [0.5, 0.6) is 11.5 Å². The van der Waals surface area contributed by atoms with Crippen LogP contribution in [0.25, 0.3) is 11.4 Å². The lowest BCUT2D eigenvalue weighted by atomic mass is 9.98. The summed E-state index contributed by atoms with van der Waals surface area (Å²) in [5.41, 5.74) is 0.819. The minimum atomic E-state index is 0.277. The maximum Gasteiger partial charge on any atom is 0.231 e. The summed E-state index contributed by atoms with van der Waals surface area (Å²) in [5.74, 6) is 3.42. The van der Waals surface area contributed by atoms with Gasteiger partial charge in [0.15, 0.2) is 0 Å². The van der Waals surface area contributed by atoms with Gasteiger partial charge < -0.3 is 19.3 Å². The molecule has 0 radical (unpaired) electrons. The van der Waals surface area contributed by atoms with Crippen LogP contribution in [0.2, 0.25) is 0 Å². The Bertz CT molecular complexity index is 604. The number of benzene rings is 1. The third-order valence-electron chi connectivity index (χ3n) is 3.89. The molecule has 6 nitrogen and oxygen atoms in total. The molecule has 0 aliphatic carbocycles. The van der Waals surface area contributed by atoms with E-state index in [0.717, 1.165) is 18.7 Å². The van der Waals surface area contributed by atoms with Crippen LogP contribution >= 0.6 is 0 Å². The molecule has 1 aromatic heterocycles. The van der Waals surface area contributed by atoms with Gasteiger partial charge in [0, 0.05) is 18.2 Å². The minimum Gasteiger partial charge on any atom is -0.497 e. The van der Waals surface area contributed by atoms with E-state index < -0.39 is 0 Å². The highest BCUT2D eigenvalue weighted by atomic mass is 16.5. The summed E-state index contributed by atoms with van der Waals surface area (Å²) in [7, 11) is 3.23. The molecule has 0 spiro atoms. The number of rotatable bonds is 4. The van der Waals surface area contributed by atoms with Crippen molar-refractivity contribution in [2.45, 2.75) is 12.8 Å². The predicted molar refractivity (Wildman–Crippen MR) is 77.6 cm³/mol. The Balaban J connectivity index is 1.92. The summed E-state index contributed by atoms with van der Waals surface area (Å²) in [6.07, 6.45) is 0. The number of hydrogen-bond donors (Lipinski definition) is 1. The van der Waals surface area contributed by atoms with Gasteiger partial charge in [0.25, 0.3) is 0 Å². The molecule has 21 heavy (non-hydrogen) atoms. The topological polar surface area (TPSA) is 69.4 Å². The quantitative estimate of drug-likeness (QED) is 0.929. The number of ether oxygens (including phenoxy) is 2. The molecule has 1 saturated heterocycles. The van der Waals surface area contributed by atoms with Crippen molar-refractivity contribution in [2.24, 2.45) is 5.92 Å². The molecule has 0 amide bonds. The zero-order chi connectivity index (χ0) is 14.8. The lowest BCUT2D eigenvalue weighted by molar-refractivity contribution is 0.340. The highest BCUT2D eigenvalue weighted by molar-refractivity contribution is 5.60. The molecular weight excluding hydrogens is 270 g/mol. The van der Waals surface area contributed by atoms with Gasteiger partial charge in [-0.3, -0.25) is 0 Å². The summed E-state index contributed by atoms with van der Waals surface area (Å²) < 4.78 is 16.0. The lowest BCUT2D eigenvalue weighted by Gasteiger charge is -2.07. The molecule has 112 valence electrons. The van der Waals surface area contributed by atoms with Crippen molar-refractivity contribution in [3.63, 3.8) is 0 Å². The van der Waals surface area contributed by atoms with Crippen LogP contribution in [0.3, 0.4) is 0 Å². The Hall–Kier alpha value is -2.08. The summed E-state index contributed by atoms with van der Waals surface area (Å²) in [5, 5.41) is 7.43. The Kier molecular flexibility index (Phi) is 3.79. The van der Waals surface area contributed by atoms with E-state index in [-0.39, 0.29) is 5.92 Å². The van der Waals surface area contributed by atoms with Crippen LogP contribution in [0.4, 0.5) is 0 Å². The SMILES string of the molecule is COc1cc(OC)cc(-c2noc(C3CNCC3C)n2)c1. The summed E-state index contributed by atoms with van der Waals surface area (Å²) >= 11 is 0. The van der Waals surface area contributed by atoms with E-state index in [9.17, 15) is 0 Å². The van der Waals surface area contributed by atoms with Crippen LogP contribution in [0.15, 0.2) is 22.7 Å². The number of hydrogen-bond acceptors (Lipinski definition) is 6. The van der Waals surface area contributed by atoms with Gasteiger partial charge in [-0.15, -0.1) is 0 Å². The van der Waals surface area contributed by atoms with E-state index in [1.54, 1.807) is 14.2 Å². The summed E-state index contributed by atoms with van der Waals surface area (Å²) in [6, 6.07) is 5.55. The van der Waals surface area contributed by atoms with Crippen molar-refractivity contribution in [1.82, 2.24) is 15.5 Å². The molecule has 0 saturated carbocycles. The largest absolute Gasteiger partial charge is 0.497 e. The zero-order valence-electron chi connectivity index (χ0n) is 12.4. The van der Waals surface area contributed by atoms with Gasteiger partial charge in [-0.05, 0) is 24.6 Å². The molecule has 1 aliphatic heterocycles.